The Labute approximate surface area is 66.8 Å². The molecule has 53 valence electrons. The van der Waals surface area contributed by atoms with Gasteiger partial charge in [-0.15, -0.1) is 0 Å². The van der Waals surface area contributed by atoms with E-state index in [4.69, 9.17) is 11.6 Å². The van der Waals surface area contributed by atoms with Gasteiger partial charge in [-0.2, -0.15) is 0 Å². The summed E-state index contributed by atoms with van der Waals surface area (Å²) in [6, 6.07) is 8.77. The molecule has 0 nitrogen and oxygen atoms in total. The molecule has 0 fully saturated rings. The van der Waals surface area contributed by atoms with E-state index < -0.39 is 0 Å². The van der Waals surface area contributed by atoms with Crippen LogP contribution < -0.4 is 0 Å². The van der Waals surface area contributed by atoms with Crippen molar-refractivity contribution in [3.63, 3.8) is 0 Å². The highest BCUT2D eigenvalue weighted by Crippen LogP contribution is 2.17. The molecule has 0 heterocycles. The van der Waals surface area contributed by atoms with Gasteiger partial charge in [0.15, 0.2) is 0 Å². The number of halogens is 1. The maximum absolute atomic E-state index is 5.77. The van der Waals surface area contributed by atoms with Crippen LogP contribution >= 0.6 is 11.6 Å². The van der Waals surface area contributed by atoms with E-state index in [0.29, 0.717) is 5.92 Å². The Bertz CT molecular complexity index is 216. The normalized spacial score (nSPS) is 10.4. The fourth-order valence-corrected chi connectivity index (χ4v) is 0.970. The molecule has 0 unspecified atom stereocenters. The van der Waals surface area contributed by atoms with Crippen molar-refractivity contribution in [3.05, 3.63) is 34.9 Å². The fraction of sp³-hybridized carbons (Fsp3) is 0.333. The fourth-order valence-electron chi connectivity index (χ4n) is 0.789. The lowest BCUT2D eigenvalue weighted by molar-refractivity contribution is 0.865. The third-order valence-electron chi connectivity index (χ3n) is 1.41. The summed E-state index contributed by atoms with van der Waals surface area (Å²) in [5.74, 6) is 0.513. The van der Waals surface area contributed by atoms with Crippen LogP contribution in [-0.2, 0) is 0 Å². The van der Waals surface area contributed by atoms with Crippen LogP contribution in [0.4, 0.5) is 0 Å². The van der Waals surface area contributed by atoms with E-state index >= 15 is 0 Å². The third kappa shape index (κ3) is 1.74. The summed E-state index contributed by atoms with van der Waals surface area (Å²) in [7, 11) is 0. The van der Waals surface area contributed by atoms with Gasteiger partial charge in [-0.1, -0.05) is 31.5 Å². The number of hydrogen-bond acceptors (Lipinski definition) is 0. The van der Waals surface area contributed by atoms with Crippen molar-refractivity contribution < 1.29 is 0 Å². The summed E-state index contributed by atoms with van der Waals surface area (Å²) >= 11 is 5.77. The second-order valence-electron chi connectivity index (χ2n) is 2.62. The van der Waals surface area contributed by atoms with E-state index in [1.807, 2.05) is 18.2 Å². The number of benzene rings is 1. The van der Waals surface area contributed by atoms with Crippen molar-refractivity contribution in [2.75, 3.05) is 0 Å². The highest BCUT2D eigenvalue weighted by Gasteiger charge is 1.97. The Morgan fingerprint density at radius 1 is 1.50 bits per heavy atom. The maximum atomic E-state index is 5.77. The lowest BCUT2D eigenvalue weighted by Crippen LogP contribution is -1.85. The first-order valence-electron chi connectivity index (χ1n) is 3.37. The van der Waals surface area contributed by atoms with Crippen LogP contribution in [0.5, 0.6) is 0 Å². The zero-order valence-electron chi connectivity index (χ0n) is 6.19. The molecule has 0 aliphatic carbocycles. The molecule has 0 atom stereocenters. The lowest BCUT2D eigenvalue weighted by Gasteiger charge is -2.02. The predicted octanol–water partition coefficient (Wildman–Crippen LogP) is 3.26. The summed E-state index contributed by atoms with van der Waals surface area (Å²) in [6.45, 7) is 4.25. The van der Waals surface area contributed by atoms with Crippen LogP contribution in [0.1, 0.15) is 25.3 Å². The van der Waals surface area contributed by atoms with E-state index in [1.54, 1.807) is 0 Å². The standard InChI is InChI=1S/C9H10Cl/c1-7(2)8-4-3-5-9(10)6-8/h3,5-7H,1-2H3. The molecule has 1 aromatic rings. The Hall–Kier alpha value is -0.490. The number of rotatable bonds is 1. The minimum Gasteiger partial charge on any atom is -0.0843 e. The summed E-state index contributed by atoms with van der Waals surface area (Å²) < 4.78 is 0. The summed E-state index contributed by atoms with van der Waals surface area (Å²) in [6.07, 6.45) is 0. The van der Waals surface area contributed by atoms with Gasteiger partial charge in [-0.05, 0) is 29.7 Å². The first kappa shape index (κ1) is 7.62. The average molecular weight is 154 g/mol. The van der Waals surface area contributed by atoms with Gasteiger partial charge in [0, 0.05) is 5.02 Å². The number of hydrogen-bond donors (Lipinski definition) is 0. The Balaban J connectivity index is 2.96. The minimum absolute atomic E-state index is 0.513. The van der Waals surface area contributed by atoms with Gasteiger partial charge in [-0.3, -0.25) is 0 Å². The first-order valence-corrected chi connectivity index (χ1v) is 3.75. The van der Waals surface area contributed by atoms with Crippen molar-refractivity contribution in [1.82, 2.24) is 0 Å². The molecule has 1 rings (SSSR count). The molecule has 0 aliphatic rings. The molecule has 0 spiro atoms. The predicted molar refractivity (Wildman–Crippen MR) is 44.4 cm³/mol. The Kier molecular flexibility index (Phi) is 2.34. The molecule has 0 aliphatic heterocycles. The zero-order chi connectivity index (χ0) is 7.56. The second kappa shape index (κ2) is 3.07. The molecule has 0 saturated carbocycles. The largest absolute Gasteiger partial charge is 0.0843 e. The van der Waals surface area contributed by atoms with Gasteiger partial charge in [0.2, 0.25) is 0 Å². The molecule has 0 aromatic heterocycles. The Morgan fingerprint density at radius 3 is 2.60 bits per heavy atom. The topological polar surface area (TPSA) is 0 Å². The summed E-state index contributed by atoms with van der Waals surface area (Å²) in [4.78, 5) is 0. The van der Waals surface area contributed by atoms with Crippen LogP contribution in [0.15, 0.2) is 18.2 Å². The van der Waals surface area contributed by atoms with E-state index in [9.17, 15) is 0 Å². The van der Waals surface area contributed by atoms with E-state index in [0.717, 1.165) is 5.02 Å². The summed E-state index contributed by atoms with van der Waals surface area (Å²) in [5.41, 5.74) is 1.17. The molecule has 1 radical (unpaired) electrons. The highest BCUT2D eigenvalue weighted by molar-refractivity contribution is 6.30. The molecule has 0 bridgehead atoms. The van der Waals surface area contributed by atoms with Gasteiger partial charge in [0.05, 0.1) is 0 Å². The van der Waals surface area contributed by atoms with Gasteiger partial charge in [0.1, 0.15) is 0 Å². The van der Waals surface area contributed by atoms with Gasteiger partial charge in [0.25, 0.3) is 0 Å². The molecule has 0 N–H and O–H groups in total. The second-order valence-corrected chi connectivity index (χ2v) is 3.05. The molecule has 0 saturated heterocycles. The van der Waals surface area contributed by atoms with Crippen molar-refractivity contribution in [3.8, 4) is 0 Å². The van der Waals surface area contributed by atoms with Crippen LogP contribution in [0.25, 0.3) is 0 Å². The van der Waals surface area contributed by atoms with E-state index in [1.165, 1.54) is 5.56 Å². The van der Waals surface area contributed by atoms with Crippen molar-refractivity contribution >= 4 is 11.6 Å². The molecule has 0 amide bonds. The molecule has 1 heteroatoms. The monoisotopic (exact) mass is 153 g/mol. The quantitative estimate of drug-likeness (QED) is 0.581. The van der Waals surface area contributed by atoms with E-state index in [2.05, 4.69) is 19.9 Å². The SMILES string of the molecule is CC(C)c1[c]ccc(Cl)c1. The zero-order valence-corrected chi connectivity index (χ0v) is 6.94. The maximum Gasteiger partial charge on any atom is 0.0409 e. The minimum atomic E-state index is 0.513. The van der Waals surface area contributed by atoms with Crippen molar-refractivity contribution in [1.29, 1.82) is 0 Å². The summed E-state index contributed by atoms with van der Waals surface area (Å²) in [5, 5.41) is 0.794. The van der Waals surface area contributed by atoms with Crippen molar-refractivity contribution in [2.24, 2.45) is 0 Å². The lowest BCUT2D eigenvalue weighted by atomic mass is 10.0. The Morgan fingerprint density at radius 2 is 2.20 bits per heavy atom. The molecule has 10 heavy (non-hydrogen) atoms. The van der Waals surface area contributed by atoms with Crippen LogP contribution in [-0.4, -0.2) is 0 Å². The van der Waals surface area contributed by atoms with Crippen LogP contribution in [0, 0.1) is 6.07 Å². The first-order chi connectivity index (χ1) is 4.70. The van der Waals surface area contributed by atoms with Gasteiger partial charge < -0.3 is 0 Å². The molecule has 1 aromatic carbocycles. The highest BCUT2D eigenvalue weighted by atomic mass is 35.5. The van der Waals surface area contributed by atoms with Gasteiger partial charge >= 0.3 is 0 Å². The molecular weight excluding hydrogens is 144 g/mol. The van der Waals surface area contributed by atoms with Crippen LogP contribution in [0.3, 0.4) is 0 Å². The molecular formula is C9H10Cl. The van der Waals surface area contributed by atoms with E-state index in [-0.39, 0.29) is 0 Å². The third-order valence-corrected chi connectivity index (χ3v) is 1.64. The average Bonchev–Trinajstić information content (AvgIpc) is 1.88. The van der Waals surface area contributed by atoms with Crippen LogP contribution in [0.2, 0.25) is 5.02 Å². The van der Waals surface area contributed by atoms with Gasteiger partial charge in [-0.25, -0.2) is 0 Å². The van der Waals surface area contributed by atoms with Crippen molar-refractivity contribution in [2.45, 2.75) is 19.8 Å². The smallest absolute Gasteiger partial charge is 0.0409 e.